The number of esters is 2. The Labute approximate surface area is 105 Å². The second-order valence-electron chi connectivity index (χ2n) is 5.20. The van der Waals surface area contributed by atoms with E-state index >= 15 is 0 Å². The minimum Gasteiger partial charge on any atom is -0.481 e. The van der Waals surface area contributed by atoms with Crippen LogP contribution in [0.2, 0.25) is 0 Å². The van der Waals surface area contributed by atoms with Crippen LogP contribution < -0.4 is 0 Å². The molecule has 0 aromatic heterocycles. The van der Waals surface area contributed by atoms with Gasteiger partial charge in [-0.1, -0.05) is 0 Å². The molecule has 0 spiro atoms. The van der Waals surface area contributed by atoms with Crippen molar-refractivity contribution in [3.05, 3.63) is 0 Å². The summed E-state index contributed by atoms with van der Waals surface area (Å²) >= 11 is 0. The highest BCUT2D eigenvalue weighted by Gasteiger charge is 2.65. The average Bonchev–Trinajstić information content (AvgIpc) is 2.89. The molecule has 6 nitrogen and oxygen atoms in total. The predicted molar refractivity (Wildman–Crippen MR) is 60.6 cm³/mol. The van der Waals surface area contributed by atoms with E-state index in [9.17, 15) is 14.4 Å². The topological polar surface area (TPSA) is 89.9 Å². The summed E-state index contributed by atoms with van der Waals surface area (Å²) in [4.78, 5) is 34.2. The lowest BCUT2D eigenvalue weighted by Crippen LogP contribution is -2.26. The zero-order chi connectivity index (χ0) is 14.1. The van der Waals surface area contributed by atoms with Crippen molar-refractivity contribution in [2.75, 3.05) is 6.61 Å². The normalized spacial score (nSPS) is 26.3. The summed E-state index contributed by atoms with van der Waals surface area (Å²) in [6.07, 6.45) is 0. The molecule has 0 aliphatic heterocycles. The van der Waals surface area contributed by atoms with Crippen LogP contribution >= 0.6 is 0 Å². The van der Waals surface area contributed by atoms with Crippen LogP contribution in [0.25, 0.3) is 0 Å². The first-order valence-electron chi connectivity index (χ1n) is 5.81. The van der Waals surface area contributed by atoms with Crippen LogP contribution in [0.4, 0.5) is 0 Å². The average molecular weight is 258 g/mol. The van der Waals surface area contributed by atoms with Crippen LogP contribution in [-0.4, -0.2) is 35.2 Å². The molecule has 0 radical (unpaired) electrons. The van der Waals surface area contributed by atoms with Crippen molar-refractivity contribution in [2.24, 2.45) is 17.8 Å². The lowest BCUT2D eigenvalue weighted by molar-refractivity contribution is -0.160. The molecule has 0 saturated heterocycles. The van der Waals surface area contributed by atoms with Gasteiger partial charge in [0.1, 0.15) is 5.60 Å². The maximum atomic E-state index is 11.8. The van der Waals surface area contributed by atoms with Gasteiger partial charge in [0.05, 0.1) is 24.4 Å². The molecule has 0 aromatic carbocycles. The number of aliphatic carboxylic acids is 1. The minimum atomic E-state index is -1.18. The molecule has 6 heteroatoms. The van der Waals surface area contributed by atoms with Crippen LogP contribution in [-0.2, 0) is 23.9 Å². The molecule has 1 aliphatic carbocycles. The summed E-state index contributed by atoms with van der Waals surface area (Å²) in [6.45, 7) is 6.83. The Hall–Kier alpha value is -1.59. The maximum absolute atomic E-state index is 11.8. The van der Waals surface area contributed by atoms with Gasteiger partial charge in [-0.2, -0.15) is 0 Å². The molecule has 0 heterocycles. The summed E-state index contributed by atoms with van der Waals surface area (Å²) in [5.74, 6) is -5.37. The predicted octanol–water partition coefficient (Wildman–Crippen LogP) is 0.838. The molecule has 1 rings (SSSR count). The smallest absolute Gasteiger partial charge is 0.311 e. The van der Waals surface area contributed by atoms with Gasteiger partial charge in [-0.15, -0.1) is 0 Å². The summed E-state index contributed by atoms with van der Waals surface area (Å²) in [6, 6.07) is 0. The number of hydrogen-bond donors (Lipinski definition) is 1. The third kappa shape index (κ3) is 3.21. The van der Waals surface area contributed by atoms with Crippen LogP contribution in [0.1, 0.15) is 27.7 Å². The first-order chi connectivity index (χ1) is 8.19. The molecule has 18 heavy (non-hydrogen) atoms. The second kappa shape index (κ2) is 4.96. The molecule has 0 amide bonds. The fourth-order valence-electron chi connectivity index (χ4n) is 1.81. The van der Waals surface area contributed by atoms with Crippen molar-refractivity contribution in [1.29, 1.82) is 0 Å². The maximum Gasteiger partial charge on any atom is 0.311 e. The monoisotopic (exact) mass is 258 g/mol. The van der Waals surface area contributed by atoms with Gasteiger partial charge in [-0.25, -0.2) is 0 Å². The van der Waals surface area contributed by atoms with Crippen molar-refractivity contribution < 1.29 is 29.0 Å². The first-order valence-corrected chi connectivity index (χ1v) is 5.81. The molecule has 3 unspecified atom stereocenters. The van der Waals surface area contributed by atoms with Crippen LogP contribution in [0, 0.1) is 17.8 Å². The van der Waals surface area contributed by atoms with Gasteiger partial charge >= 0.3 is 17.9 Å². The quantitative estimate of drug-likeness (QED) is 0.751. The zero-order valence-corrected chi connectivity index (χ0v) is 10.9. The Kier molecular flexibility index (Phi) is 3.98. The van der Waals surface area contributed by atoms with E-state index in [0.717, 1.165) is 0 Å². The van der Waals surface area contributed by atoms with E-state index in [1.165, 1.54) is 0 Å². The summed E-state index contributed by atoms with van der Waals surface area (Å²) in [7, 11) is 0. The molecular weight excluding hydrogens is 240 g/mol. The third-order valence-corrected chi connectivity index (χ3v) is 2.54. The van der Waals surface area contributed by atoms with E-state index in [4.69, 9.17) is 14.6 Å². The molecule has 1 N–H and O–H groups in total. The number of carbonyl (C=O) groups is 3. The number of rotatable bonds is 4. The van der Waals surface area contributed by atoms with Crippen molar-refractivity contribution >= 4 is 17.9 Å². The van der Waals surface area contributed by atoms with Gasteiger partial charge in [-0.3, -0.25) is 14.4 Å². The van der Waals surface area contributed by atoms with Crippen LogP contribution in [0.3, 0.4) is 0 Å². The lowest BCUT2D eigenvalue weighted by atomic mass is 10.2. The van der Waals surface area contributed by atoms with Crippen molar-refractivity contribution in [2.45, 2.75) is 33.3 Å². The van der Waals surface area contributed by atoms with Gasteiger partial charge in [0, 0.05) is 0 Å². The molecule has 1 fully saturated rings. The number of carboxylic acid groups (broad SMARTS) is 1. The Morgan fingerprint density at radius 1 is 1.06 bits per heavy atom. The van der Waals surface area contributed by atoms with E-state index < -0.39 is 41.3 Å². The van der Waals surface area contributed by atoms with E-state index in [1.807, 2.05) is 0 Å². The molecule has 102 valence electrons. The van der Waals surface area contributed by atoms with E-state index in [1.54, 1.807) is 27.7 Å². The number of hydrogen-bond acceptors (Lipinski definition) is 5. The van der Waals surface area contributed by atoms with Gasteiger partial charge in [0.25, 0.3) is 0 Å². The fourth-order valence-corrected chi connectivity index (χ4v) is 1.81. The van der Waals surface area contributed by atoms with E-state index in [-0.39, 0.29) is 6.61 Å². The largest absolute Gasteiger partial charge is 0.481 e. The number of carboxylic acids is 1. The van der Waals surface area contributed by atoms with Crippen molar-refractivity contribution in [1.82, 2.24) is 0 Å². The van der Waals surface area contributed by atoms with Gasteiger partial charge in [-0.05, 0) is 27.7 Å². The summed E-state index contributed by atoms with van der Waals surface area (Å²) < 4.78 is 9.84. The minimum absolute atomic E-state index is 0.155. The Balaban J connectivity index is 2.73. The molecule has 1 aliphatic rings. The Morgan fingerprint density at radius 3 is 1.94 bits per heavy atom. The second-order valence-corrected chi connectivity index (χ2v) is 5.20. The Bertz CT molecular complexity index is 367. The van der Waals surface area contributed by atoms with Gasteiger partial charge < -0.3 is 14.6 Å². The van der Waals surface area contributed by atoms with Crippen molar-refractivity contribution in [3.63, 3.8) is 0 Å². The number of ether oxygens (including phenoxy) is 2. The molecule has 0 aromatic rings. The highest BCUT2D eigenvalue weighted by atomic mass is 16.6. The standard InChI is InChI=1S/C12H18O6/c1-5-17-10(15)7-6(9(13)14)8(7)11(16)18-12(2,3)4/h6-8H,5H2,1-4H3,(H,13,14). The van der Waals surface area contributed by atoms with E-state index in [0.29, 0.717) is 0 Å². The first kappa shape index (κ1) is 14.5. The molecule has 3 atom stereocenters. The Morgan fingerprint density at radius 2 is 1.56 bits per heavy atom. The van der Waals surface area contributed by atoms with Crippen molar-refractivity contribution in [3.8, 4) is 0 Å². The highest BCUT2D eigenvalue weighted by Crippen LogP contribution is 2.48. The molecule has 0 bridgehead atoms. The van der Waals surface area contributed by atoms with Crippen LogP contribution in [0.5, 0.6) is 0 Å². The third-order valence-electron chi connectivity index (χ3n) is 2.54. The highest BCUT2D eigenvalue weighted by molar-refractivity contribution is 5.97. The SMILES string of the molecule is CCOC(=O)C1C(C(=O)O)C1C(=O)OC(C)(C)C. The van der Waals surface area contributed by atoms with Gasteiger partial charge in [0.15, 0.2) is 0 Å². The summed E-state index contributed by atoms with van der Waals surface area (Å²) in [5.41, 5.74) is -0.706. The number of carbonyl (C=O) groups excluding carboxylic acids is 2. The summed E-state index contributed by atoms with van der Waals surface area (Å²) in [5, 5.41) is 8.94. The van der Waals surface area contributed by atoms with E-state index in [2.05, 4.69) is 0 Å². The molecular formula is C12H18O6. The fraction of sp³-hybridized carbons (Fsp3) is 0.750. The van der Waals surface area contributed by atoms with Gasteiger partial charge in [0.2, 0.25) is 0 Å². The molecule has 1 saturated carbocycles. The zero-order valence-electron chi connectivity index (χ0n) is 10.9. The lowest BCUT2D eigenvalue weighted by Gasteiger charge is -2.19. The van der Waals surface area contributed by atoms with Crippen LogP contribution in [0.15, 0.2) is 0 Å².